The van der Waals surface area contributed by atoms with Gasteiger partial charge in [0.15, 0.2) is 5.58 Å². The summed E-state index contributed by atoms with van der Waals surface area (Å²) in [5, 5.41) is 0. The van der Waals surface area contributed by atoms with Crippen molar-refractivity contribution in [1.82, 2.24) is 9.88 Å². The smallest absolute Gasteiger partial charge is 0.262 e. The molecule has 5 nitrogen and oxygen atoms in total. The number of imide groups is 1. The summed E-state index contributed by atoms with van der Waals surface area (Å²) >= 11 is 0. The molecule has 0 radical (unpaired) electrons. The lowest BCUT2D eigenvalue weighted by molar-refractivity contribution is 0.0595. The second-order valence-corrected chi connectivity index (χ2v) is 6.81. The van der Waals surface area contributed by atoms with Crippen molar-refractivity contribution in [3.63, 3.8) is 0 Å². The van der Waals surface area contributed by atoms with Crippen LogP contribution < -0.4 is 0 Å². The molecule has 0 aliphatic carbocycles. The molecule has 1 aromatic heterocycles. The molecule has 136 valence electrons. The fourth-order valence-corrected chi connectivity index (χ4v) is 3.62. The van der Waals surface area contributed by atoms with Gasteiger partial charge in [0.25, 0.3) is 11.8 Å². The maximum Gasteiger partial charge on any atom is 0.262 e. The van der Waals surface area contributed by atoms with Crippen molar-refractivity contribution >= 4 is 22.9 Å². The maximum absolute atomic E-state index is 13.0. The lowest BCUT2D eigenvalue weighted by Crippen LogP contribution is -2.32. The molecule has 0 saturated heterocycles. The second kappa shape index (κ2) is 6.16. The summed E-state index contributed by atoms with van der Waals surface area (Å²) in [6.45, 7) is 1.86. The Morgan fingerprint density at radius 1 is 0.857 bits per heavy atom. The van der Waals surface area contributed by atoms with Crippen LogP contribution in [0.25, 0.3) is 22.6 Å². The highest BCUT2D eigenvalue weighted by Crippen LogP contribution is 2.34. The molecule has 1 aliphatic rings. The van der Waals surface area contributed by atoms with Gasteiger partial charge in [-0.1, -0.05) is 42.5 Å². The summed E-state index contributed by atoms with van der Waals surface area (Å²) in [6.07, 6.45) is 0. The number of rotatable bonds is 3. The summed E-state index contributed by atoms with van der Waals surface area (Å²) in [7, 11) is 0. The third-order valence-electron chi connectivity index (χ3n) is 5.13. The van der Waals surface area contributed by atoms with Crippen LogP contribution in [0, 0.1) is 0 Å². The van der Waals surface area contributed by atoms with Crippen molar-refractivity contribution in [2.24, 2.45) is 0 Å². The number of benzene rings is 3. The van der Waals surface area contributed by atoms with E-state index in [1.165, 1.54) is 4.90 Å². The molecule has 0 N–H and O–H groups in total. The van der Waals surface area contributed by atoms with Crippen molar-refractivity contribution < 1.29 is 14.0 Å². The third kappa shape index (κ3) is 2.44. The minimum Gasteiger partial charge on any atom is -0.436 e. The van der Waals surface area contributed by atoms with Gasteiger partial charge in [-0.25, -0.2) is 4.98 Å². The van der Waals surface area contributed by atoms with Gasteiger partial charge in [0.2, 0.25) is 5.89 Å². The summed E-state index contributed by atoms with van der Waals surface area (Å²) in [6, 6.07) is 21.8. The van der Waals surface area contributed by atoms with Gasteiger partial charge < -0.3 is 4.42 Å². The largest absolute Gasteiger partial charge is 0.436 e. The van der Waals surface area contributed by atoms with Gasteiger partial charge >= 0.3 is 0 Å². The average molecular weight is 368 g/mol. The van der Waals surface area contributed by atoms with Gasteiger partial charge in [-0.3, -0.25) is 14.5 Å². The Morgan fingerprint density at radius 2 is 1.57 bits per heavy atom. The summed E-state index contributed by atoms with van der Waals surface area (Å²) in [5.41, 5.74) is 3.81. The van der Waals surface area contributed by atoms with E-state index >= 15 is 0 Å². The van der Waals surface area contributed by atoms with Crippen LogP contribution in [0.5, 0.6) is 0 Å². The predicted molar refractivity (Wildman–Crippen MR) is 105 cm³/mol. The molecule has 5 rings (SSSR count). The molecule has 1 aliphatic heterocycles. The summed E-state index contributed by atoms with van der Waals surface area (Å²) in [5.74, 6) is -0.145. The summed E-state index contributed by atoms with van der Waals surface area (Å²) in [4.78, 5) is 31.7. The number of aromatic nitrogens is 1. The predicted octanol–water partition coefficient (Wildman–Crippen LogP) is 4.85. The zero-order valence-corrected chi connectivity index (χ0v) is 15.1. The summed E-state index contributed by atoms with van der Waals surface area (Å²) < 4.78 is 5.80. The molecule has 2 heterocycles. The number of hydrogen-bond donors (Lipinski definition) is 0. The number of oxazole rings is 1. The van der Waals surface area contributed by atoms with Crippen molar-refractivity contribution in [2.75, 3.05) is 0 Å². The second-order valence-electron chi connectivity index (χ2n) is 6.81. The maximum atomic E-state index is 13.0. The zero-order valence-electron chi connectivity index (χ0n) is 15.1. The minimum absolute atomic E-state index is 0.277. The van der Waals surface area contributed by atoms with Crippen LogP contribution in [-0.2, 0) is 0 Å². The Morgan fingerprint density at radius 3 is 2.36 bits per heavy atom. The number of carbonyl (C=O) groups excluding carboxylic acids is 2. The van der Waals surface area contributed by atoms with E-state index in [1.54, 1.807) is 18.2 Å². The lowest BCUT2D eigenvalue weighted by Gasteiger charge is -2.22. The van der Waals surface area contributed by atoms with Crippen molar-refractivity contribution in [1.29, 1.82) is 0 Å². The molecule has 0 bridgehead atoms. The van der Waals surface area contributed by atoms with Gasteiger partial charge in [0.1, 0.15) is 5.52 Å². The zero-order chi connectivity index (χ0) is 19.3. The van der Waals surface area contributed by atoms with E-state index in [2.05, 4.69) is 4.98 Å². The van der Waals surface area contributed by atoms with Crippen LogP contribution in [-0.4, -0.2) is 21.7 Å². The van der Waals surface area contributed by atoms with Crippen LogP contribution in [0.2, 0.25) is 0 Å². The molecule has 0 saturated carbocycles. The van der Waals surface area contributed by atoms with Gasteiger partial charge in [0, 0.05) is 5.56 Å². The number of para-hydroxylation sites is 2. The first-order valence-corrected chi connectivity index (χ1v) is 9.06. The first-order valence-electron chi connectivity index (χ1n) is 9.06. The number of amides is 2. The van der Waals surface area contributed by atoms with Gasteiger partial charge in [-0.2, -0.15) is 0 Å². The molecular weight excluding hydrogens is 352 g/mol. The quantitative estimate of drug-likeness (QED) is 0.485. The van der Waals surface area contributed by atoms with Crippen LogP contribution in [0.4, 0.5) is 0 Å². The SMILES string of the molecule is C[C@H](c1ccccc1)N1C(=O)c2ccc(-c3nc4ccccc4o3)cc2C1=O. The first-order chi connectivity index (χ1) is 13.6. The van der Waals surface area contributed by atoms with Crippen LogP contribution >= 0.6 is 0 Å². The van der Waals surface area contributed by atoms with Crippen molar-refractivity contribution in [3.8, 4) is 11.5 Å². The van der Waals surface area contributed by atoms with E-state index in [0.717, 1.165) is 11.1 Å². The Hall–Kier alpha value is -3.73. The molecule has 0 spiro atoms. The fourth-order valence-electron chi connectivity index (χ4n) is 3.62. The number of fused-ring (bicyclic) bond motifs is 2. The van der Waals surface area contributed by atoms with E-state index in [-0.39, 0.29) is 17.9 Å². The monoisotopic (exact) mass is 368 g/mol. The van der Waals surface area contributed by atoms with Crippen molar-refractivity contribution in [3.05, 3.63) is 89.5 Å². The molecule has 0 unspecified atom stereocenters. The van der Waals surface area contributed by atoms with Gasteiger partial charge in [0.05, 0.1) is 17.2 Å². The standard InChI is InChI=1S/C23H16N2O3/c1-14(15-7-3-2-4-8-15)25-22(26)17-12-11-16(13-18(17)23(25)27)21-24-19-9-5-6-10-20(19)28-21/h2-14H,1H3/t14-/m1/s1. The highest BCUT2D eigenvalue weighted by atomic mass is 16.3. The van der Waals surface area contributed by atoms with Crippen molar-refractivity contribution in [2.45, 2.75) is 13.0 Å². The lowest BCUT2D eigenvalue weighted by atomic mass is 10.1. The van der Waals surface area contributed by atoms with E-state index in [9.17, 15) is 9.59 Å². The van der Waals surface area contributed by atoms with Gasteiger partial charge in [-0.05, 0) is 42.8 Å². The van der Waals surface area contributed by atoms with Crippen LogP contribution in [0.15, 0.2) is 77.2 Å². The Kier molecular flexibility index (Phi) is 3.62. The number of hydrogen-bond acceptors (Lipinski definition) is 4. The van der Waals surface area contributed by atoms with Crippen LogP contribution in [0.1, 0.15) is 39.2 Å². The van der Waals surface area contributed by atoms with Gasteiger partial charge in [-0.15, -0.1) is 0 Å². The molecular formula is C23H16N2O3. The van der Waals surface area contributed by atoms with E-state index in [1.807, 2.05) is 61.5 Å². The van der Waals surface area contributed by atoms with E-state index in [0.29, 0.717) is 28.2 Å². The highest BCUT2D eigenvalue weighted by molar-refractivity contribution is 6.22. The minimum atomic E-state index is -0.346. The Labute approximate surface area is 161 Å². The number of carbonyl (C=O) groups is 2. The highest BCUT2D eigenvalue weighted by Gasteiger charge is 2.39. The molecule has 4 aromatic rings. The number of nitrogens with zero attached hydrogens (tertiary/aromatic N) is 2. The molecule has 5 heteroatoms. The first kappa shape index (κ1) is 16.4. The topological polar surface area (TPSA) is 63.4 Å². The molecule has 0 fully saturated rings. The Bertz CT molecular complexity index is 1190. The molecule has 1 atom stereocenters. The molecule has 2 amide bonds. The van der Waals surface area contributed by atoms with Crippen LogP contribution in [0.3, 0.4) is 0 Å². The van der Waals surface area contributed by atoms with E-state index < -0.39 is 0 Å². The molecule has 28 heavy (non-hydrogen) atoms. The Balaban J connectivity index is 1.54. The van der Waals surface area contributed by atoms with E-state index in [4.69, 9.17) is 4.42 Å². The average Bonchev–Trinajstić information content (AvgIpc) is 3.27. The normalized spacial score (nSPS) is 14.5. The fraction of sp³-hybridized carbons (Fsp3) is 0.0870. The third-order valence-corrected chi connectivity index (χ3v) is 5.13. The molecule has 3 aromatic carbocycles.